The van der Waals surface area contributed by atoms with Crippen LogP contribution in [-0.2, 0) is 30.5 Å². The molecule has 0 heterocycles. The number of amides is 3. The Hall–Kier alpha value is -3.96. The molecule has 0 aromatic heterocycles. The molecule has 0 saturated heterocycles. The third-order valence-electron chi connectivity index (χ3n) is 5.91. The second kappa shape index (κ2) is 17.9. The van der Waals surface area contributed by atoms with Gasteiger partial charge in [-0.25, -0.2) is 0 Å². The SMILES string of the molecule is C[Se]C[C@@H](C(=O)NCCCCCC(=O)OCc1ccccc1)N(C(=O)CNC(=O)OC(C)(C)C)c1cccc([N+](=O)[O-])c1. The number of unbranched alkanes of at least 4 members (excludes halogenated alkanes) is 2. The summed E-state index contributed by atoms with van der Waals surface area (Å²) in [7, 11) is 0. The number of rotatable bonds is 16. The molecule has 12 nitrogen and oxygen atoms in total. The molecule has 3 amide bonds. The van der Waals surface area contributed by atoms with Crippen LogP contribution in [0, 0.1) is 10.1 Å². The summed E-state index contributed by atoms with van der Waals surface area (Å²) in [6.07, 6.45) is 1.34. The molecular formula is C30H40N4O8Se. The molecule has 0 spiro atoms. The third-order valence-corrected chi connectivity index (χ3v) is 7.27. The van der Waals surface area contributed by atoms with Crippen molar-refractivity contribution in [3.05, 3.63) is 70.3 Å². The average Bonchev–Trinajstić information content (AvgIpc) is 2.96. The van der Waals surface area contributed by atoms with E-state index in [-0.39, 0.29) is 45.3 Å². The number of anilines is 1. The van der Waals surface area contributed by atoms with E-state index >= 15 is 0 Å². The number of carbonyl (C=O) groups excluding carboxylic acids is 4. The first-order valence-corrected chi connectivity index (χ1v) is 16.8. The van der Waals surface area contributed by atoms with Gasteiger partial charge in [0.2, 0.25) is 0 Å². The van der Waals surface area contributed by atoms with Gasteiger partial charge in [0, 0.05) is 0 Å². The summed E-state index contributed by atoms with van der Waals surface area (Å²) < 4.78 is 10.5. The van der Waals surface area contributed by atoms with Crippen LogP contribution in [0.15, 0.2) is 54.6 Å². The van der Waals surface area contributed by atoms with Gasteiger partial charge in [-0.05, 0) is 5.56 Å². The van der Waals surface area contributed by atoms with E-state index in [9.17, 15) is 29.3 Å². The number of nitro groups is 1. The maximum atomic E-state index is 13.4. The van der Waals surface area contributed by atoms with Crippen LogP contribution in [0.25, 0.3) is 0 Å². The fourth-order valence-corrected chi connectivity index (χ4v) is 5.23. The first kappa shape index (κ1) is 35.2. The second-order valence-electron chi connectivity index (χ2n) is 10.6. The molecule has 2 aromatic rings. The van der Waals surface area contributed by atoms with Gasteiger partial charge in [-0.1, -0.05) is 30.3 Å². The van der Waals surface area contributed by atoms with E-state index < -0.39 is 41.0 Å². The normalized spacial score (nSPS) is 11.6. The molecule has 0 fully saturated rings. The van der Waals surface area contributed by atoms with Gasteiger partial charge < -0.3 is 0 Å². The van der Waals surface area contributed by atoms with E-state index in [1.807, 2.05) is 36.2 Å². The third kappa shape index (κ3) is 13.3. The summed E-state index contributed by atoms with van der Waals surface area (Å²) in [5.41, 5.74) is 0.0740. The van der Waals surface area contributed by atoms with Crippen molar-refractivity contribution >= 4 is 50.2 Å². The number of alkyl carbamates (subject to hydrolysis) is 1. The molecule has 2 N–H and O–H groups in total. The number of nitrogens with zero attached hydrogens (tertiary/aromatic N) is 2. The quantitative estimate of drug-likeness (QED) is 0.0880. The number of ether oxygens (including phenoxy) is 2. The molecule has 234 valence electrons. The number of nitrogens with one attached hydrogen (secondary N) is 2. The minimum absolute atomic E-state index is 0.0417. The Morgan fingerprint density at radius 2 is 1.72 bits per heavy atom. The van der Waals surface area contributed by atoms with E-state index in [4.69, 9.17) is 9.47 Å². The van der Waals surface area contributed by atoms with E-state index in [1.54, 1.807) is 20.8 Å². The predicted molar refractivity (Wildman–Crippen MR) is 163 cm³/mol. The zero-order valence-electron chi connectivity index (χ0n) is 25.0. The maximum absolute atomic E-state index is 13.4. The van der Waals surface area contributed by atoms with Crippen molar-refractivity contribution in [3.63, 3.8) is 0 Å². The van der Waals surface area contributed by atoms with E-state index in [0.717, 1.165) is 5.56 Å². The van der Waals surface area contributed by atoms with Crippen LogP contribution in [0.5, 0.6) is 0 Å². The minimum atomic E-state index is -0.951. The Balaban J connectivity index is 1.99. The Bertz CT molecular complexity index is 1240. The average molecular weight is 664 g/mol. The van der Waals surface area contributed by atoms with Crippen molar-refractivity contribution < 1.29 is 33.6 Å². The van der Waals surface area contributed by atoms with Gasteiger partial charge in [0.1, 0.15) is 0 Å². The van der Waals surface area contributed by atoms with E-state index in [1.165, 1.54) is 29.2 Å². The van der Waals surface area contributed by atoms with Crippen LogP contribution in [0.4, 0.5) is 16.2 Å². The molecule has 0 aliphatic heterocycles. The Kier molecular flexibility index (Phi) is 14.6. The summed E-state index contributed by atoms with van der Waals surface area (Å²) in [6.45, 7) is 5.13. The van der Waals surface area contributed by atoms with Gasteiger partial charge in [-0.2, -0.15) is 0 Å². The van der Waals surface area contributed by atoms with Crippen LogP contribution in [0.3, 0.4) is 0 Å². The number of non-ortho nitro benzene ring substituents is 1. The number of hydrogen-bond acceptors (Lipinski definition) is 8. The molecule has 13 heteroatoms. The van der Waals surface area contributed by atoms with Gasteiger partial charge in [0.25, 0.3) is 0 Å². The van der Waals surface area contributed by atoms with Crippen molar-refractivity contribution in [3.8, 4) is 0 Å². The van der Waals surface area contributed by atoms with Gasteiger partial charge in [0.05, 0.1) is 0 Å². The monoisotopic (exact) mass is 664 g/mol. The van der Waals surface area contributed by atoms with E-state index in [0.29, 0.717) is 31.1 Å². The zero-order valence-corrected chi connectivity index (χ0v) is 26.7. The van der Waals surface area contributed by atoms with Crippen LogP contribution in [-0.4, -0.2) is 68.5 Å². The van der Waals surface area contributed by atoms with Crippen LogP contribution < -0.4 is 15.5 Å². The van der Waals surface area contributed by atoms with E-state index in [2.05, 4.69) is 10.6 Å². The standard InChI is InChI=1S/C30H40N4O8Se/c1-30(2,3)42-29(38)32-19-26(35)33(23-14-11-15-24(18-23)34(39)40)25(21-43-4)28(37)31-17-10-6-9-16-27(36)41-20-22-12-7-5-8-13-22/h5,7-8,11-15,18,25H,6,9-10,16-17,19-21H2,1-4H3,(H,31,37)(H,32,38)/t25-/m0/s1. The fourth-order valence-electron chi connectivity index (χ4n) is 3.94. The first-order chi connectivity index (χ1) is 20.4. The summed E-state index contributed by atoms with van der Waals surface area (Å²) in [4.78, 5) is 63.0. The predicted octanol–water partition coefficient (Wildman–Crippen LogP) is 4.41. The van der Waals surface area contributed by atoms with Gasteiger partial charge in [-0.15, -0.1) is 0 Å². The topological polar surface area (TPSA) is 157 Å². The fraction of sp³-hybridized carbons (Fsp3) is 0.467. The number of carbonyl (C=O) groups is 4. The Morgan fingerprint density at radius 1 is 1.00 bits per heavy atom. The Morgan fingerprint density at radius 3 is 2.37 bits per heavy atom. The Labute approximate surface area is 258 Å². The van der Waals surface area contributed by atoms with Crippen molar-refractivity contribution in [1.29, 1.82) is 0 Å². The van der Waals surface area contributed by atoms with Crippen LogP contribution >= 0.6 is 0 Å². The molecule has 0 aliphatic carbocycles. The first-order valence-electron chi connectivity index (χ1n) is 13.9. The number of hydrogen-bond donors (Lipinski definition) is 2. The van der Waals surface area contributed by atoms with Crippen molar-refractivity contribution in [2.75, 3.05) is 18.0 Å². The van der Waals surface area contributed by atoms with Crippen molar-refractivity contribution in [2.45, 2.75) is 75.8 Å². The number of nitro benzene ring substituents is 1. The number of benzene rings is 2. The molecule has 0 aliphatic rings. The molecule has 43 heavy (non-hydrogen) atoms. The van der Waals surface area contributed by atoms with Crippen molar-refractivity contribution in [1.82, 2.24) is 10.6 Å². The van der Waals surface area contributed by atoms with Crippen LogP contribution in [0.1, 0.15) is 52.0 Å². The summed E-state index contributed by atoms with van der Waals surface area (Å²) in [5, 5.41) is 17.0. The molecule has 2 aromatic carbocycles. The molecule has 0 unspecified atom stereocenters. The zero-order chi connectivity index (χ0) is 31.8. The van der Waals surface area contributed by atoms with Gasteiger partial charge >= 0.3 is 223 Å². The van der Waals surface area contributed by atoms with Crippen molar-refractivity contribution in [2.24, 2.45) is 0 Å². The van der Waals surface area contributed by atoms with Crippen LogP contribution in [0.2, 0.25) is 11.1 Å². The molecule has 1 atom stereocenters. The molecule has 0 radical (unpaired) electrons. The summed E-state index contributed by atoms with van der Waals surface area (Å²) >= 11 is -0.0417. The second-order valence-corrected chi connectivity index (χ2v) is 12.5. The summed E-state index contributed by atoms with van der Waals surface area (Å²) in [6, 6.07) is 13.9. The molecule has 0 bridgehead atoms. The number of esters is 1. The summed E-state index contributed by atoms with van der Waals surface area (Å²) in [5.74, 6) is 0.594. The van der Waals surface area contributed by atoms with Gasteiger partial charge in [-0.3, -0.25) is 0 Å². The molecule has 0 saturated carbocycles. The molecular weight excluding hydrogens is 623 g/mol. The van der Waals surface area contributed by atoms with Gasteiger partial charge in [0.15, 0.2) is 0 Å². The molecule has 2 rings (SSSR count).